The summed E-state index contributed by atoms with van der Waals surface area (Å²) in [6.07, 6.45) is 30.0. The number of fused-ring (bicyclic) bond motifs is 7. The summed E-state index contributed by atoms with van der Waals surface area (Å²) in [5.41, 5.74) is 22.0. The molecule has 0 saturated carbocycles. The number of allylic oxidation sites excluding steroid dienone is 13. The molecule has 0 aliphatic heterocycles. The molecule has 0 N–H and O–H groups in total. The van der Waals surface area contributed by atoms with Gasteiger partial charge in [0.2, 0.25) is 0 Å². The lowest BCUT2D eigenvalue weighted by Gasteiger charge is -2.35. The highest BCUT2D eigenvalue weighted by molar-refractivity contribution is 5.89. The molecule has 0 bridgehead atoms. The predicted molar refractivity (Wildman–Crippen MR) is 220 cm³/mol. The van der Waals surface area contributed by atoms with Crippen molar-refractivity contribution in [3.63, 3.8) is 0 Å². The molecule has 0 radical (unpaired) electrons. The molecule has 0 fully saturated rings. The minimum absolute atomic E-state index is 0.123. The first kappa shape index (κ1) is 32.5. The molecule has 3 aromatic rings. The Bertz CT molecular complexity index is 2210. The van der Waals surface area contributed by atoms with Crippen LogP contribution in [-0.4, -0.2) is 0 Å². The largest absolute Gasteiger partial charge is 0.0764 e. The lowest BCUT2D eigenvalue weighted by molar-refractivity contribution is 0.343. The topological polar surface area (TPSA) is 0 Å². The van der Waals surface area contributed by atoms with Crippen LogP contribution in [0.3, 0.4) is 0 Å². The van der Waals surface area contributed by atoms with Gasteiger partial charge < -0.3 is 0 Å². The van der Waals surface area contributed by atoms with E-state index in [-0.39, 0.29) is 10.8 Å². The van der Waals surface area contributed by atoms with Gasteiger partial charge in [-0.05, 0) is 165 Å². The summed E-state index contributed by atoms with van der Waals surface area (Å²) in [6.45, 7) is 9.87. The van der Waals surface area contributed by atoms with Crippen LogP contribution in [0.2, 0.25) is 0 Å². The second-order valence-electron chi connectivity index (χ2n) is 17.6. The maximum absolute atomic E-state index is 2.72. The molecule has 3 aromatic carbocycles. The number of hydrogen-bond donors (Lipinski definition) is 0. The third-order valence-corrected chi connectivity index (χ3v) is 15.0. The van der Waals surface area contributed by atoms with Crippen LogP contribution in [0.1, 0.15) is 130 Å². The fourth-order valence-corrected chi connectivity index (χ4v) is 12.0. The number of benzene rings is 3. The van der Waals surface area contributed by atoms with Crippen LogP contribution in [0.5, 0.6) is 0 Å². The first-order valence-corrected chi connectivity index (χ1v) is 20.7. The highest BCUT2D eigenvalue weighted by Gasteiger charge is 2.47. The van der Waals surface area contributed by atoms with Gasteiger partial charge in [0.1, 0.15) is 0 Å². The molecule has 0 spiro atoms. The quantitative estimate of drug-likeness (QED) is 0.252. The average molecular weight is 679 g/mol. The maximum Gasteiger partial charge on any atom is 0.0206 e. The summed E-state index contributed by atoms with van der Waals surface area (Å²) in [4.78, 5) is 0. The summed E-state index contributed by atoms with van der Waals surface area (Å²) in [7, 11) is 0. The van der Waals surface area contributed by atoms with Crippen molar-refractivity contribution in [3.05, 3.63) is 170 Å². The average Bonchev–Trinajstić information content (AvgIpc) is 3.61. The first-order chi connectivity index (χ1) is 25.4. The van der Waals surface area contributed by atoms with Gasteiger partial charge in [0.15, 0.2) is 0 Å². The zero-order chi connectivity index (χ0) is 35.2. The van der Waals surface area contributed by atoms with Crippen LogP contribution in [0.4, 0.5) is 0 Å². The van der Waals surface area contributed by atoms with E-state index in [0.29, 0.717) is 23.7 Å². The molecule has 7 aliphatic carbocycles. The third kappa shape index (κ3) is 4.85. The molecule has 10 rings (SSSR count). The van der Waals surface area contributed by atoms with Gasteiger partial charge in [0.25, 0.3) is 0 Å². The predicted octanol–water partition coefficient (Wildman–Crippen LogP) is 13.6. The van der Waals surface area contributed by atoms with Gasteiger partial charge in [-0.2, -0.15) is 0 Å². The van der Waals surface area contributed by atoms with Gasteiger partial charge >= 0.3 is 0 Å². The van der Waals surface area contributed by atoms with E-state index in [0.717, 1.165) is 25.7 Å². The summed E-state index contributed by atoms with van der Waals surface area (Å²) >= 11 is 0. The van der Waals surface area contributed by atoms with E-state index in [1.165, 1.54) is 66.4 Å². The zero-order valence-electron chi connectivity index (χ0n) is 31.8. The van der Waals surface area contributed by atoms with Crippen molar-refractivity contribution in [1.82, 2.24) is 0 Å². The van der Waals surface area contributed by atoms with E-state index in [1.54, 1.807) is 50.1 Å². The Labute approximate surface area is 312 Å². The van der Waals surface area contributed by atoms with E-state index in [1.807, 2.05) is 0 Å². The molecule has 0 heteroatoms. The molecular weight excluding hydrogens is 625 g/mol. The molecule has 0 amide bonds. The second-order valence-corrected chi connectivity index (χ2v) is 17.6. The van der Waals surface area contributed by atoms with E-state index < -0.39 is 0 Å². The van der Waals surface area contributed by atoms with Gasteiger partial charge in [0, 0.05) is 11.3 Å². The van der Waals surface area contributed by atoms with Crippen LogP contribution < -0.4 is 0 Å². The Hall–Kier alpha value is -4.16. The van der Waals surface area contributed by atoms with Crippen molar-refractivity contribution < 1.29 is 0 Å². The number of rotatable bonds is 5. The van der Waals surface area contributed by atoms with Crippen molar-refractivity contribution in [1.29, 1.82) is 0 Å². The Morgan fingerprint density at radius 1 is 0.673 bits per heavy atom. The molecule has 262 valence electrons. The fraction of sp³-hybridized carbons (Fsp3) is 0.385. The van der Waals surface area contributed by atoms with Crippen molar-refractivity contribution in [3.8, 4) is 0 Å². The molecule has 52 heavy (non-hydrogen) atoms. The van der Waals surface area contributed by atoms with Crippen molar-refractivity contribution in [2.24, 2.45) is 17.8 Å². The monoisotopic (exact) mass is 678 g/mol. The molecule has 0 nitrogen and oxygen atoms in total. The third-order valence-electron chi connectivity index (χ3n) is 15.0. The van der Waals surface area contributed by atoms with E-state index >= 15 is 0 Å². The molecule has 0 heterocycles. The van der Waals surface area contributed by atoms with Gasteiger partial charge in [-0.15, -0.1) is 0 Å². The second kappa shape index (κ2) is 12.2. The Morgan fingerprint density at radius 3 is 2.37 bits per heavy atom. The Morgan fingerprint density at radius 2 is 1.48 bits per heavy atom. The lowest BCUT2D eigenvalue weighted by atomic mass is 9.69. The van der Waals surface area contributed by atoms with Gasteiger partial charge in [-0.25, -0.2) is 0 Å². The Balaban J connectivity index is 0.907. The molecule has 0 aromatic heterocycles. The molecule has 4 unspecified atom stereocenters. The molecular formula is C52H54. The lowest BCUT2D eigenvalue weighted by Crippen LogP contribution is -2.27. The van der Waals surface area contributed by atoms with E-state index in [9.17, 15) is 0 Å². The molecule has 4 atom stereocenters. The maximum atomic E-state index is 2.72. The van der Waals surface area contributed by atoms with Gasteiger partial charge in [0.05, 0.1) is 0 Å². The minimum Gasteiger partial charge on any atom is -0.0764 e. The van der Waals surface area contributed by atoms with Crippen molar-refractivity contribution >= 4 is 17.2 Å². The summed E-state index contributed by atoms with van der Waals surface area (Å²) in [5.74, 6) is 2.34. The highest BCUT2D eigenvalue weighted by Crippen LogP contribution is 2.58. The summed E-state index contributed by atoms with van der Waals surface area (Å²) < 4.78 is 0. The van der Waals surface area contributed by atoms with Gasteiger partial charge in [-0.1, -0.05) is 137 Å². The van der Waals surface area contributed by atoms with Crippen LogP contribution in [0.25, 0.3) is 17.2 Å². The zero-order valence-corrected chi connectivity index (χ0v) is 31.8. The summed E-state index contributed by atoms with van der Waals surface area (Å²) in [5, 5.41) is 0. The number of aryl methyl sites for hydroxylation is 1. The standard InChI is InChI=1S/C52H54/c1-5-52(6-2)47-14-10-9-13-43(47)46-26-23-42(32-50(46)52)41-22-25-45-44-24-21-40(30-48(44)51(3,4)49(45)31-41)39-20-19-37-28-36(17-18-38(37)29-39)35-16-15-33-11-7-8-12-34(33)27-35/h7-14,19-20,22,25,27-32,37-38,44,48H,5-6,15-18,21,23-24,26H2,1-4H3. The van der Waals surface area contributed by atoms with Crippen LogP contribution in [0.15, 0.2) is 131 Å². The van der Waals surface area contributed by atoms with Crippen molar-refractivity contribution in [2.75, 3.05) is 0 Å². The van der Waals surface area contributed by atoms with Crippen LogP contribution in [0, 0.1) is 17.8 Å². The SMILES string of the molecule is CCC1(CC)C2=C(CCC(c3ccc4c(c3)C(C)(C)C3C=C(C5=CC6CCC(C7=Cc8ccccc8CC7)=CC6C=C5)CCC43)=C2)c2ccccc21. The van der Waals surface area contributed by atoms with Crippen LogP contribution >= 0.6 is 0 Å². The molecule has 7 aliphatic rings. The van der Waals surface area contributed by atoms with E-state index in [2.05, 4.69) is 137 Å². The van der Waals surface area contributed by atoms with Crippen molar-refractivity contribution in [2.45, 2.75) is 109 Å². The molecule has 0 saturated heterocycles. The van der Waals surface area contributed by atoms with Gasteiger partial charge in [-0.3, -0.25) is 0 Å². The fourth-order valence-electron chi connectivity index (χ4n) is 12.0. The van der Waals surface area contributed by atoms with E-state index in [4.69, 9.17) is 0 Å². The minimum atomic E-state index is 0.123. The highest BCUT2D eigenvalue weighted by atomic mass is 14.5. The first-order valence-electron chi connectivity index (χ1n) is 20.7. The normalized spacial score (nSPS) is 27.5. The van der Waals surface area contributed by atoms with Crippen LogP contribution in [-0.2, 0) is 17.3 Å². The summed E-state index contributed by atoms with van der Waals surface area (Å²) in [6, 6.07) is 25.9. The number of hydrogen-bond acceptors (Lipinski definition) is 0. The Kier molecular flexibility index (Phi) is 7.62. The smallest absolute Gasteiger partial charge is 0.0206 e.